The van der Waals surface area contributed by atoms with Gasteiger partial charge in [-0.3, -0.25) is 4.79 Å². The van der Waals surface area contributed by atoms with Crippen molar-refractivity contribution in [3.63, 3.8) is 0 Å². The lowest BCUT2D eigenvalue weighted by Gasteiger charge is -2.28. The van der Waals surface area contributed by atoms with Crippen molar-refractivity contribution in [2.24, 2.45) is 11.8 Å². The zero-order chi connectivity index (χ0) is 16.7. The minimum Gasteiger partial charge on any atom is -0.497 e. The van der Waals surface area contributed by atoms with Crippen LogP contribution in [0.5, 0.6) is 5.75 Å². The first-order valence-corrected chi connectivity index (χ1v) is 8.92. The maximum atomic E-state index is 13.0. The molecule has 1 amide bonds. The van der Waals surface area contributed by atoms with Crippen LogP contribution in [-0.4, -0.2) is 42.5 Å². The maximum Gasteiger partial charge on any atom is 0.273 e. The van der Waals surface area contributed by atoms with Gasteiger partial charge in [0.2, 0.25) is 0 Å². The molecule has 0 unspecified atom stereocenters. The van der Waals surface area contributed by atoms with E-state index < -0.39 is 0 Å². The van der Waals surface area contributed by atoms with E-state index in [0.717, 1.165) is 30.9 Å². The molecule has 2 aromatic rings. The molecule has 2 fully saturated rings. The predicted octanol–water partition coefficient (Wildman–Crippen LogP) is 1.77. The number of methoxy groups -OCH3 is 1. The fraction of sp³-hybridized carbons (Fsp3) is 0.412. The molecule has 126 valence electrons. The highest BCUT2D eigenvalue weighted by atomic mass is 32.1. The van der Waals surface area contributed by atoms with Gasteiger partial charge in [0.15, 0.2) is 5.13 Å². The summed E-state index contributed by atoms with van der Waals surface area (Å²) in [6.45, 7) is 2.65. The van der Waals surface area contributed by atoms with E-state index in [1.165, 1.54) is 11.3 Å². The summed E-state index contributed by atoms with van der Waals surface area (Å²) in [5.74, 6) is 1.71. The van der Waals surface area contributed by atoms with Crippen molar-refractivity contribution >= 4 is 22.4 Å². The molecule has 24 heavy (non-hydrogen) atoms. The fourth-order valence-electron chi connectivity index (χ4n) is 3.89. The van der Waals surface area contributed by atoms with Gasteiger partial charge in [0.25, 0.3) is 5.91 Å². The zero-order valence-corrected chi connectivity index (χ0v) is 14.3. The number of nitrogen functional groups attached to an aromatic ring is 1. The Morgan fingerprint density at radius 3 is 2.83 bits per heavy atom. The Hall–Kier alpha value is -2.12. The molecule has 7 heteroatoms. The molecule has 1 aromatic carbocycles. The average molecular weight is 344 g/mol. The van der Waals surface area contributed by atoms with Gasteiger partial charge in [0.1, 0.15) is 11.4 Å². The van der Waals surface area contributed by atoms with E-state index in [9.17, 15) is 4.79 Å². The first-order valence-electron chi connectivity index (χ1n) is 8.04. The zero-order valence-electron chi connectivity index (χ0n) is 13.4. The highest BCUT2D eigenvalue weighted by molar-refractivity contribution is 7.13. The lowest BCUT2D eigenvalue weighted by atomic mass is 9.89. The van der Waals surface area contributed by atoms with E-state index in [1.807, 2.05) is 17.0 Å². The monoisotopic (exact) mass is 344 g/mol. The third-order valence-corrected chi connectivity index (χ3v) is 5.70. The first kappa shape index (κ1) is 15.4. The number of ether oxygens (including phenoxy) is 1. The number of thiazole rings is 1. The summed E-state index contributed by atoms with van der Waals surface area (Å²) in [6.07, 6.45) is 0. The summed E-state index contributed by atoms with van der Waals surface area (Å²) in [5, 5.41) is 5.63. The van der Waals surface area contributed by atoms with Gasteiger partial charge in [-0.05, 0) is 23.6 Å². The van der Waals surface area contributed by atoms with Crippen molar-refractivity contribution in [3.8, 4) is 5.75 Å². The lowest BCUT2D eigenvalue weighted by Crippen LogP contribution is -2.34. The normalized spacial score (nSPS) is 25.7. The number of nitrogens with two attached hydrogens (primary N) is 1. The Balaban J connectivity index is 1.67. The van der Waals surface area contributed by atoms with Gasteiger partial charge in [-0.15, -0.1) is 11.3 Å². The Bertz CT molecular complexity index is 745. The number of amides is 1. The van der Waals surface area contributed by atoms with Crippen LogP contribution in [0.25, 0.3) is 0 Å². The molecule has 1 aromatic heterocycles. The predicted molar refractivity (Wildman–Crippen MR) is 93.1 cm³/mol. The quantitative estimate of drug-likeness (QED) is 0.887. The number of nitrogens with zero attached hydrogens (tertiary/aromatic N) is 2. The highest BCUT2D eigenvalue weighted by Gasteiger charge is 2.47. The number of nitrogens with one attached hydrogen (secondary N) is 1. The Morgan fingerprint density at radius 1 is 1.38 bits per heavy atom. The van der Waals surface area contributed by atoms with E-state index >= 15 is 0 Å². The topological polar surface area (TPSA) is 80.5 Å². The van der Waals surface area contributed by atoms with Gasteiger partial charge in [-0.25, -0.2) is 4.98 Å². The Morgan fingerprint density at radius 2 is 2.17 bits per heavy atom. The first-order chi connectivity index (χ1) is 11.7. The Labute approximate surface area is 144 Å². The number of aromatic nitrogens is 1. The molecule has 0 spiro atoms. The van der Waals surface area contributed by atoms with E-state index in [4.69, 9.17) is 10.5 Å². The molecule has 2 saturated heterocycles. The van der Waals surface area contributed by atoms with Gasteiger partial charge in [0, 0.05) is 30.9 Å². The lowest BCUT2D eigenvalue weighted by molar-refractivity contribution is 0.0709. The number of hydrogen-bond donors (Lipinski definition) is 2. The second-order valence-electron chi connectivity index (χ2n) is 6.33. The SMILES string of the molecule is COc1ccc([C@H]2[C@H]3CNC[C@H]3CN2C(=O)c2csc(N)n2)cc1. The third kappa shape index (κ3) is 2.53. The van der Waals surface area contributed by atoms with Gasteiger partial charge in [0.05, 0.1) is 13.2 Å². The second kappa shape index (κ2) is 6.07. The van der Waals surface area contributed by atoms with Crippen molar-refractivity contribution < 1.29 is 9.53 Å². The number of carbonyl (C=O) groups excluding carboxylic acids is 1. The smallest absolute Gasteiger partial charge is 0.273 e. The van der Waals surface area contributed by atoms with Crippen LogP contribution in [0.3, 0.4) is 0 Å². The number of benzene rings is 1. The number of hydrogen-bond acceptors (Lipinski definition) is 6. The van der Waals surface area contributed by atoms with Crippen LogP contribution in [0.2, 0.25) is 0 Å². The van der Waals surface area contributed by atoms with Gasteiger partial charge >= 0.3 is 0 Å². The molecule has 3 N–H and O–H groups in total. The molecule has 0 aliphatic carbocycles. The minimum absolute atomic E-state index is 0.0295. The molecule has 0 bridgehead atoms. The van der Waals surface area contributed by atoms with Crippen molar-refractivity contribution in [2.75, 3.05) is 32.5 Å². The van der Waals surface area contributed by atoms with E-state index in [2.05, 4.69) is 22.4 Å². The van der Waals surface area contributed by atoms with Crippen molar-refractivity contribution in [1.29, 1.82) is 0 Å². The van der Waals surface area contributed by atoms with Crippen LogP contribution in [0.1, 0.15) is 22.1 Å². The van der Waals surface area contributed by atoms with Crippen LogP contribution in [0, 0.1) is 11.8 Å². The molecular formula is C17H20N4O2S. The molecule has 0 saturated carbocycles. The maximum absolute atomic E-state index is 13.0. The summed E-state index contributed by atoms with van der Waals surface area (Å²) in [7, 11) is 1.66. The number of likely N-dealkylation sites (tertiary alicyclic amines) is 1. The van der Waals surface area contributed by atoms with Crippen LogP contribution >= 0.6 is 11.3 Å². The van der Waals surface area contributed by atoms with Crippen LogP contribution < -0.4 is 15.8 Å². The van der Waals surface area contributed by atoms with Gasteiger partial charge in [-0.1, -0.05) is 12.1 Å². The number of carbonyl (C=O) groups is 1. The molecule has 4 rings (SSSR count). The number of rotatable bonds is 3. The largest absolute Gasteiger partial charge is 0.497 e. The van der Waals surface area contributed by atoms with Gasteiger partial charge in [-0.2, -0.15) is 0 Å². The van der Waals surface area contributed by atoms with Crippen LogP contribution in [0.4, 0.5) is 5.13 Å². The molecular weight excluding hydrogens is 324 g/mol. The standard InChI is InChI=1S/C17H20N4O2S/c1-23-12-4-2-10(3-5-12)15-13-7-19-6-11(13)8-21(15)16(22)14-9-24-17(18)20-14/h2-5,9,11,13,15,19H,6-8H2,1H3,(H2,18,20)/t11-,13-,15-/m0/s1. The number of anilines is 1. The summed E-state index contributed by atoms with van der Waals surface area (Å²) in [4.78, 5) is 19.1. The molecule has 2 aliphatic heterocycles. The average Bonchev–Trinajstić information content (AvgIpc) is 3.29. The van der Waals surface area contributed by atoms with E-state index in [0.29, 0.717) is 22.7 Å². The summed E-state index contributed by atoms with van der Waals surface area (Å²) in [5.41, 5.74) is 7.29. The number of fused-ring (bicyclic) bond motifs is 1. The minimum atomic E-state index is -0.0295. The molecule has 3 heterocycles. The fourth-order valence-corrected chi connectivity index (χ4v) is 4.43. The van der Waals surface area contributed by atoms with Crippen molar-refractivity contribution in [1.82, 2.24) is 15.2 Å². The Kier molecular flexibility index (Phi) is 3.90. The van der Waals surface area contributed by atoms with Crippen molar-refractivity contribution in [2.45, 2.75) is 6.04 Å². The molecule has 6 nitrogen and oxygen atoms in total. The summed E-state index contributed by atoms with van der Waals surface area (Å²) < 4.78 is 5.25. The molecule has 2 aliphatic rings. The summed E-state index contributed by atoms with van der Waals surface area (Å²) >= 11 is 1.31. The van der Waals surface area contributed by atoms with Gasteiger partial charge < -0.3 is 20.7 Å². The highest BCUT2D eigenvalue weighted by Crippen LogP contribution is 2.43. The van der Waals surface area contributed by atoms with Crippen LogP contribution in [-0.2, 0) is 0 Å². The van der Waals surface area contributed by atoms with Crippen LogP contribution in [0.15, 0.2) is 29.6 Å². The van der Waals surface area contributed by atoms with E-state index in [1.54, 1.807) is 12.5 Å². The third-order valence-electron chi connectivity index (χ3n) is 5.02. The molecule has 3 atom stereocenters. The summed E-state index contributed by atoms with van der Waals surface area (Å²) in [6, 6.07) is 8.08. The second-order valence-corrected chi connectivity index (χ2v) is 7.22. The molecule has 0 radical (unpaired) electrons. The van der Waals surface area contributed by atoms with E-state index in [-0.39, 0.29) is 11.9 Å². The van der Waals surface area contributed by atoms with Crippen molar-refractivity contribution in [3.05, 3.63) is 40.9 Å².